The van der Waals surface area contributed by atoms with E-state index in [0.717, 1.165) is 31.8 Å². The van der Waals surface area contributed by atoms with Crippen LogP contribution in [0, 0.1) is 17.1 Å². The zero-order valence-corrected chi connectivity index (χ0v) is 14.6. The lowest BCUT2D eigenvalue weighted by Gasteiger charge is -2.35. The summed E-state index contributed by atoms with van der Waals surface area (Å²) in [5.41, 5.74) is 1.30. The molecule has 4 nitrogen and oxygen atoms in total. The molecule has 1 heterocycles. The summed E-state index contributed by atoms with van der Waals surface area (Å²) in [4.78, 5) is 2.24. The van der Waals surface area contributed by atoms with Crippen molar-refractivity contribution in [1.82, 2.24) is 10.2 Å². The Kier molecular flexibility index (Phi) is 9.18. The van der Waals surface area contributed by atoms with E-state index < -0.39 is 5.82 Å². The van der Waals surface area contributed by atoms with Gasteiger partial charge in [-0.15, -0.1) is 31.4 Å². The molecule has 1 aromatic rings. The van der Waals surface area contributed by atoms with E-state index in [9.17, 15) is 9.50 Å². The van der Waals surface area contributed by atoms with Gasteiger partial charge < -0.3 is 10.4 Å². The molecule has 7 heteroatoms. The number of phenols is 1. The van der Waals surface area contributed by atoms with E-state index in [1.54, 1.807) is 12.1 Å². The lowest BCUT2D eigenvalue weighted by Crippen LogP contribution is -2.45. The molecule has 1 aliphatic heterocycles. The van der Waals surface area contributed by atoms with E-state index in [-0.39, 0.29) is 42.2 Å². The summed E-state index contributed by atoms with van der Waals surface area (Å²) in [6, 6.07) is 4.47. The third-order valence-corrected chi connectivity index (χ3v) is 3.76. The second-order valence-electron chi connectivity index (χ2n) is 5.44. The van der Waals surface area contributed by atoms with Crippen LogP contribution in [0.15, 0.2) is 24.3 Å². The average molecular weight is 362 g/mol. The van der Waals surface area contributed by atoms with Crippen LogP contribution in [0.25, 0.3) is 0 Å². The van der Waals surface area contributed by atoms with Gasteiger partial charge in [-0.1, -0.05) is 11.6 Å². The Morgan fingerprint density at radius 3 is 2.57 bits per heavy atom. The number of rotatable bonds is 4. The molecule has 0 spiro atoms. The zero-order chi connectivity index (χ0) is 15.4. The minimum Gasteiger partial charge on any atom is -0.506 e. The fraction of sp³-hybridized carbons (Fsp3) is 0.438. The Morgan fingerprint density at radius 1 is 1.43 bits per heavy atom. The molecule has 2 rings (SSSR count). The number of nitrogens with one attached hydrogen (secondary N) is 1. The molecule has 0 aromatic heterocycles. The zero-order valence-electron chi connectivity index (χ0n) is 13.0. The largest absolute Gasteiger partial charge is 0.506 e. The summed E-state index contributed by atoms with van der Waals surface area (Å²) >= 11 is 0. The second kappa shape index (κ2) is 9.74. The van der Waals surface area contributed by atoms with E-state index in [4.69, 9.17) is 5.26 Å². The van der Waals surface area contributed by atoms with Gasteiger partial charge in [0, 0.05) is 37.8 Å². The van der Waals surface area contributed by atoms with E-state index >= 15 is 0 Å². The molecule has 0 radical (unpaired) electrons. The van der Waals surface area contributed by atoms with Gasteiger partial charge in [0.25, 0.3) is 0 Å². The molecule has 23 heavy (non-hydrogen) atoms. The maximum absolute atomic E-state index is 13.6. The van der Waals surface area contributed by atoms with Gasteiger partial charge in [-0.2, -0.15) is 5.26 Å². The van der Waals surface area contributed by atoms with Gasteiger partial charge in [-0.05, 0) is 19.4 Å². The molecule has 2 N–H and O–H groups in total. The van der Waals surface area contributed by atoms with Crippen LogP contribution >= 0.6 is 24.8 Å². The molecule has 0 saturated carbocycles. The fourth-order valence-electron chi connectivity index (χ4n) is 2.72. The van der Waals surface area contributed by atoms with Crippen molar-refractivity contribution in [3.63, 3.8) is 0 Å². The number of piperazine rings is 1. The van der Waals surface area contributed by atoms with Crippen molar-refractivity contribution < 1.29 is 9.50 Å². The summed E-state index contributed by atoms with van der Waals surface area (Å²) < 4.78 is 13.6. The fourth-order valence-corrected chi connectivity index (χ4v) is 2.72. The molecule has 128 valence electrons. The summed E-state index contributed by atoms with van der Waals surface area (Å²) in [6.07, 6.45) is 0.671. The van der Waals surface area contributed by atoms with Crippen LogP contribution in [0.3, 0.4) is 0 Å². The van der Waals surface area contributed by atoms with Gasteiger partial charge in [0.1, 0.15) is 23.2 Å². The van der Waals surface area contributed by atoms with Crippen LogP contribution in [0.5, 0.6) is 5.75 Å². The predicted octanol–water partition coefficient (Wildman–Crippen LogP) is 3.16. The van der Waals surface area contributed by atoms with Crippen molar-refractivity contribution >= 4 is 24.8 Å². The Bertz CT molecular complexity index is 583. The first kappa shape index (κ1) is 21.7. The van der Waals surface area contributed by atoms with E-state index in [2.05, 4.69) is 16.8 Å². The number of hydrogen-bond donors (Lipinski definition) is 2. The molecule has 1 aromatic carbocycles. The van der Waals surface area contributed by atoms with Gasteiger partial charge in [0.05, 0.1) is 0 Å². The molecule has 0 amide bonds. The number of aromatic hydroxyl groups is 1. The van der Waals surface area contributed by atoms with Gasteiger partial charge in [0.15, 0.2) is 0 Å². The quantitative estimate of drug-likeness (QED) is 0.808. The van der Waals surface area contributed by atoms with E-state index in [0.29, 0.717) is 12.0 Å². The van der Waals surface area contributed by atoms with Gasteiger partial charge >= 0.3 is 0 Å². The summed E-state index contributed by atoms with van der Waals surface area (Å²) in [6.45, 7) is 9.31. The topological polar surface area (TPSA) is 59.3 Å². The van der Waals surface area contributed by atoms with Gasteiger partial charge in [0.2, 0.25) is 0 Å². The minimum atomic E-state index is -0.687. The molecule has 1 atom stereocenters. The number of hydrogen-bond acceptors (Lipinski definition) is 4. The lowest BCUT2D eigenvalue weighted by molar-refractivity contribution is 0.169. The molecular formula is C16H22Cl2FN3O. The first-order valence-corrected chi connectivity index (χ1v) is 7.05. The molecule has 1 saturated heterocycles. The Balaban J connectivity index is 0.00000242. The number of nitrogens with zero attached hydrogens (tertiary/aromatic N) is 2. The smallest absolute Gasteiger partial charge is 0.144 e. The van der Waals surface area contributed by atoms with Crippen LogP contribution in [0.2, 0.25) is 0 Å². The standard InChI is InChI=1S/C16H20FN3O.2ClH/c1-11(2)9-15(20-7-5-19-6-8-20)12-3-4-14(17)13(10-18)16(12)21;;/h3-4,15,19,21H,1,5-9H2,2H3;2*1H/t15-;;/m0../s1. The second-order valence-corrected chi connectivity index (χ2v) is 5.44. The highest BCUT2D eigenvalue weighted by Crippen LogP contribution is 2.36. The van der Waals surface area contributed by atoms with E-state index in [1.165, 1.54) is 6.07 Å². The first-order valence-electron chi connectivity index (χ1n) is 7.05. The minimum absolute atomic E-state index is 0. The van der Waals surface area contributed by atoms with Crippen molar-refractivity contribution in [3.05, 3.63) is 41.2 Å². The Hall–Kier alpha value is -1.32. The molecule has 0 unspecified atom stereocenters. The van der Waals surface area contributed by atoms with E-state index in [1.807, 2.05) is 6.92 Å². The number of phenolic OH excluding ortho intramolecular Hbond substituents is 1. The molecule has 1 fully saturated rings. The molecule has 0 bridgehead atoms. The maximum atomic E-state index is 13.6. The SMILES string of the molecule is C=C(C)C[C@@H](c1ccc(F)c(C#N)c1O)N1CCNCC1.Cl.Cl. The van der Waals surface area contributed by atoms with Crippen LogP contribution in [-0.2, 0) is 0 Å². The van der Waals surface area contributed by atoms with Crippen molar-refractivity contribution in [3.8, 4) is 11.8 Å². The summed E-state index contributed by atoms with van der Waals surface area (Å²) in [7, 11) is 0. The van der Waals surface area contributed by atoms with Crippen molar-refractivity contribution in [2.75, 3.05) is 26.2 Å². The highest BCUT2D eigenvalue weighted by atomic mass is 35.5. The van der Waals surface area contributed by atoms with Crippen LogP contribution in [0.1, 0.15) is 30.5 Å². The molecule has 0 aliphatic carbocycles. The number of halogens is 3. The predicted molar refractivity (Wildman–Crippen MR) is 93.9 cm³/mol. The Morgan fingerprint density at radius 2 is 2.04 bits per heavy atom. The van der Waals surface area contributed by atoms with Gasteiger partial charge in [-0.25, -0.2) is 4.39 Å². The number of benzene rings is 1. The molecular weight excluding hydrogens is 340 g/mol. The maximum Gasteiger partial charge on any atom is 0.144 e. The molecule has 1 aliphatic rings. The van der Waals surface area contributed by atoms with Crippen molar-refractivity contribution in [2.24, 2.45) is 0 Å². The number of nitriles is 1. The summed E-state index contributed by atoms with van der Waals surface area (Å²) in [5, 5.41) is 22.5. The van der Waals surface area contributed by atoms with Gasteiger partial charge in [-0.3, -0.25) is 4.90 Å². The van der Waals surface area contributed by atoms with Crippen molar-refractivity contribution in [2.45, 2.75) is 19.4 Å². The third kappa shape index (κ3) is 5.08. The highest BCUT2D eigenvalue weighted by molar-refractivity contribution is 5.85. The highest BCUT2D eigenvalue weighted by Gasteiger charge is 2.26. The van der Waals surface area contributed by atoms with Crippen LogP contribution in [-0.4, -0.2) is 36.2 Å². The monoisotopic (exact) mass is 361 g/mol. The normalized spacial score (nSPS) is 15.7. The average Bonchev–Trinajstić information content (AvgIpc) is 2.47. The van der Waals surface area contributed by atoms with Crippen molar-refractivity contribution in [1.29, 1.82) is 5.26 Å². The lowest BCUT2D eigenvalue weighted by atomic mass is 9.95. The first-order chi connectivity index (χ1) is 10.0. The Labute approximate surface area is 148 Å². The van der Waals surface area contributed by atoms with Crippen LogP contribution in [0.4, 0.5) is 4.39 Å². The summed E-state index contributed by atoms with van der Waals surface area (Å²) in [5.74, 6) is -0.935. The third-order valence-electron chi connectivity index (χ3n) is 3.76. The van der Waals surface area contributed by atoms with Crippen LogP contribution < -0.4 is 5.32 Å².